The van der Waals surface area contributed by atoms with Gasteiger partial charge in [0.15, 0.2) is 9.84 Å². The number of nitrogens with zero attached hydrogens (tertiary/aromatic N) is 1. The Kier molecular flexibility index (Phi) is 12.1. The Morgan fingerprint density at radius 3 is 2.26 bits per heavy atom. The molecule has 1 saturated heterocycles. The van der Waals surface area contributed by atoms with Gasteiger partial charge in [0.2, 0.25) is 17.6 Å². The zero-order valence-electron chi connectivity index (χ0n) is 32.7. The molecule has 1 spiro atoms. The number of hydrogen-bond donors (Lipinski definition) is 4. The normalized spacial score (nSPS) is 27.1. The highest BCUT2D eigenvalue weighted by atomic mass is 32.2. The van der Waals surface area contributed by atoms with Crippen molar-refractivity contribution >= 4 is 39.4 Å². The molecule has 0 aromatic heterocycles. The first-order valence-corrected chi connectivity index (χ1v) is 22.3. The molecule has 5 aliphatic carbocycles. The number of carbonyl (C=O) groups is 5. The number of likely N-dealkylation sites (tertiary alicyclic amines) is 1. The molecule has 12 nitrogen and oxygen atoms in total. The van der Waals surface area contributed by atoms with Crippen molar-refractivity contribution < 1.29 is 32.4 Å². The molecule has 54 heavy (non-hydrogen) atoms. The molecule has 0 aromatic rings. The second-order valence-corrected chi connectivity index (χ2v) is 21.1. The molecule has 5 amide bonds. The maximum atomic E-state index is 15.0. The van der Waals surface area contributed by atoms with Crippen LogP contribution in [0.4, 0.5) is 4.79 Å². The largest absolute Gasteiger partial charge is 0.346 e. The number of nitrogens with one attached hydrogen (secondary N) is 4. The number of amides is 5. The van der Waals surface area contributed by atoms with E-state index in [-0.39, 0.29) is 41.4 Å². The van der Waals surface area contributed by atoms with E-state index < -0.39 is 61.9 Å². The van der Waals surface area contributed by atoms with Crippen molar-refractivity contribution in [2.24, 2.45) is 23.2 Å². The van der Waals surface area contributed by atoms with Crippen LogP contribution in [0.2, 0.25) is 0 Å². The van der Waals surface area contributed by atoms with Gasteiger partial charge in [-0.2, -0.15) is 0 Å². The first kappa shape index (κ1) is 40.4. The van der Waals surface area contributed by atoms with Crippen molar-refractivity contribution in [3.05, 3.63) is 24.3 Å². The minimum Gasteiger partial charge on any atom is -0.346 e. The van der Waals surface area contributed by atoms with Gasteiger partial charge in [-0.05, 0) is 120 Å². The number of sulfone groups is 1. The summed E-state index contributed by atoms with van der Waals surface area (Å²) in [5, 5.41) is 11.6. The fourth-order valence-corrected chi connectivity index (χ4v) is 11.5. The molecule has 1 aliphatic heterocycles. The van der Waals surface area contributed by atoms with Crippen molar-refractivity contribution in [3.8, 4) is 0 Å². The number of fused-ring (bicyclic) bond motifs is 2. The lowest BCUT2D eigenvalue weighted by Crippen LogP contribution is -2.62. The lowest BCUT2D eigenvalue weighted by Gasteiger charge is -2.40. The molecule has 0 radical (unpaired) electrons. The van der Waals surface area contributed by atoms with Gasteiger partial charge in [-0.1, -0.05) is 50.7 Å². The molecule has 1 heterocycles. The van der Waals surface area contributed by atoms with Crippen molar-refractivity contribution in [1.29, 1.82) is 0 Å². The zero-order chi connectivity index (χ0) is 38.9. The molecule has 5 fully saturated rings. The van der Waals surface area contributed by atoms with Crippen LogP contribution < -0.4 is 21.3 Å². The minimum absolute atomic E-state index is 0.0894. The van der Waals surface area contributed by atoms with Crippen LogP contribution in [-0.4, -0.2) is 90.1 Å². The van der Waals surface area contributed by atoms with Gasteiger partial charge in [0.1, 0.15) is 12.1 Å². The van der Waals surface area contributed by atoms with Gasteiger partial charge in [0, 0.05) is 13.1 Å². The van der Waals surface area contributed by atoms with Crippen LogP contribution in [0, 0.1) is 23.2 Å². The fourth-order valence-electron chi connectivity index (χ4n) is 9.99. The van der Waals surface area contributed by atoms with Crippen molar-refractivity contribution in [2.75, 3.05) is 18.8 Å². The Morgan fingerprint density at radius 1 is 0.944 bits per heavy atom. The highest BCUT2D eigenvalue weighted by Crippen LogP contribution is 2.66. The summed E-state index contributed by atoms with van der Waals surface area (Å²) in [5.41, 5.74) is -0.0371. The second-order valence-electron chi connectivity index (χ2n) is 18.3. The molecule has 1 unspecified atom stereocenters. The van der Waals surface area contributed by atoms with E-state index in [2.05, 4.69) is 27.8 Å². The second kappa shape index (κ2) is 16.1. The summed E-state index contributed by atoms with van der Waals surface area (Å²) in [6.45, 7) is 9.17. The smallest absolute Gasteiger partial charge is 0.316 e. The fraction of sp³-hybridized carbons (Fsp3) is 0.780. The summed E-state index contributed by atoms with van der Waals surface area (Å²) >= 11 is 0. The number of Topliss-reactive ketones (excluding diaryl/α,β-unsaturated/α-hetero) is 1. The predicted octanol–water partition coefficient (Wildman–Crippen LogP) is 4.63. The molecule has 4 saturated carbocycles. The number of rotatable bonds is 14. The Bertz CT molecular complexity index is 1620. The number of allylic oxidation sites excluding steroid dienone is 1. The molecule has 300 valence electrons. The number of ketones is 1. The van der Waals surface area contributed by atoms with E-state index in [0.717, 1.165) is 89.0 Å². The highest BCUT2D eigenvalue weighted by Gasteiger charge is 2.64. The third-order valence-corrected chi connectivity index (χ3v) is 16.5. The Labute approximate surface area is 321 Å². The van der Waals surface area contributed by atoms with Crippen LogP contribution in [0.15, 0.2) is 24.3 Å². The predicted molar refractivity (Wildman–Crippen MR) is 207 cm³/mol. The van der Waals surface area contributed by atoms with Crippen LogP contribution >= 0.6 is 0 Å². The van der Waals surface area contributed by atoms with E-state index in [1.807, 2.05) is 6.08 Å². The summed E-state index contributed by atoms with van der Waals surface area (Å²) in [6.07, 6.45) is 17.6. The van der Waals surface area contributed by atoms with Crippen LogP contribution in [0.1, 0.15) is 130 Å². The first-order valence-electron chi connectivity index (χ1n) is 20.6. The SMILES string of the molecule is C=CCNC(=O)C(=O)C(CC1CCC1)NC(=O)[C@@H]1[C@H]2CCC3(CC3)[C@H]2CN1C(=O)[C@@H](NC(=O)NC1(CS(=O)(=O)C(C)(C)C)CCCCC1)C1=CCCCC1. The van der Waals surface area contributed by atoms with Crippen LogP contribution in [-0.2, 0) is 29.0 Å². The quantitative estimate of drug-likeness (QED) is 0.147. The number of carbonyl (C=O) groups excluding carboxylic acids is 5. The summed E-state index contributed by atoms with van der Waals surface area (Å²) in [5.74, 6) is -2.12. The summed E-state index contributed by atoms with van der Waals surface area (Å²) in [7, 11) is -3.57. The minimum atomic E-state index is -3.57. The Hall–Kier alpha value is -3.22. The Balaban J connectivity index is 1.26. The van der Waals surface area contributed by atoms with Crippen molar-refractivity contribution in [1.82, 2.24) is 26.2 Å². The lowest BCUT2D eigenvalue weighted by atomic mass is 9.80. The molecular formula is C41H63N5O7S. The molecule has 6 aliphatic rings. The van der Waals surface area contributed by atoms with E-state index >= 15 is 0 Å². The van der Waals surface area contributed by atoms with E-state index in [0.29, 0.717) is 32.2 Å². The molecular weight excluding hydrogens is 707 g/mol. The average Bonchev–Trinajstić information content (AvgIpc) is 3.68. The first-order chi connectivity index (χ1) is 25.6. The lowest BCUT2D eigenvalue weighted by molar-refractivity contribution is -0.143. The number of urea groups is 1. The van der Waals surface area contributed by atoms with Crippen molar-refractivity contribution in [3.63, 3.8) is 0 Å². The monoisotopic (exact) mass is 769 g/mol. The molecule has 4 N–H and O–H groups in total. The van der Waals surface area contributed by atoms with Crippen molar-refractivity contribution in [2.45, 2.75) is 158 Å². The van der Waals surface area contributed by atoms with E-state index in [1.54, 1.807) is 25.7 Å². The summed E-state index contributed by atoms with van der Waals surface area (Å²) in [4.78, 5) is 71.5. The van der Waals surface area contributed by atoms with Gasteiger partial charge in [-0.25, -0.2) is 13.2 Å². The maximum absolute atomic E-state index is 15.0. The van der Waals surface area contributed by atoms with Crippen LogP contribution in [0.3, 0.4) is 0 Å². The zero-order valence-corrected chi connectivity index (χ0v) is 33.5. The van der Waals surface area contributed by atoms with Gasteiger partial charge in [-0.3, -0.25) is 19.2 Å². The highest BCUT2D eigenvalue weighted by molar-refractivity contribution is 7.92. The van der Waals surface area contributed by atoms with Gasteiger partial charge in [0.25, 0.3) is 5.91 Å². The van der Waals surface area contributed by atoms with E-state index in [1.165, 1.54) is 6.08 Å². The van der Waals surface area contributed by atoms with Crippen LogP contribution in [0.5, 0.6) is 0 Å². The maximum Gasteiger partial charge on any atom is 0.316 e. The topological polar surface area (TPSA) is 171 Å². The standard InChI is InChI=1S/C41H63N5O7S/c1-5-23-42-36(49)34(47)31(24-27-13-12-14-27)43-35(48)33-29-17-20-40(21-22-40)30(29)25-46(33)37(50)32(28-15-8-6-9-16-28)44-38(51)45-41(18-10-7-11-19-41)26-54(52,53)39(2,3)4/h5,15,27,29-33H,1,6-14,16-26H2,2-4H3,(H,42,49)(H,43,48)(H2,44,45,51)/t29-,30-,31?,32-,33-/m0/s1. The van der Waals surface area contributed by atoms with Gasteiger partial charge in [0.05, 0.1) is 22.1 Å². The van der Waals surface area contributed by atoms with Gasteiger partial charge in [-0.15, -0.1) is 6.58 Å². The molecule has 0 bridgehead atoms. The third kappa shape index (κ3) is 8.60. The van der Waals surface area contributed by atoms with Crippen LogP contribution in [0.25, 0.3) is 0 Å². The number of hydrogen-bond acceptors (Lipinski definition) is 7. The summed E-state index contributed by atoms with van der Waals surface area (Å²) in [6, 6.07) is -3.45. The van der Waals surface area contributed by atoms with Gasteiger partial charge >= 0.3 is 6.03 Å². The van der Waals surface area contributed by atoms with E-state index in [4.69, 9.17) is 0 Å². The van der Waals surface area contributed by atoms with Gasteiger partial charge < -0.3 is 26.2 Å². The molecule has 5 atom stereocenters. The molecule has 0 aromatic carbocycles. The molecule has 13 heteroatoms. The summed E-state index contributed by atoms with van der Waals surface area (Å²) < 4.78 is 25.9. The van der Waals surface area contributed by atoms with E-state index in [9.17, 15) is 32.4 Å². The third-order valence-electron chi connectivity index (χ3n) is 13.7. The molecule has 6 rings (SSSR count). The Morgan fingerprint density at radius 2 is 1.67 bits per heavy atom. The average molecular weight is 770 g/mol.